The van der Waals surface area contributed by atoms with Crippen LogP contribution in [0.3, 0.4) is 0 Å². The molecule has 0 aliphatic heterocycles. The average Bonchev–Trinajstić information content (AvgIpc) is 2.06. The minimum Gasteiger partial charge on any atom is -0.755 e. The molecule has 5 nitrogen and oxygen atoms in total. The van der Waals surface area contributed by atoms with Gasteiger partial charge in [0.1, 0.15) is 0 Å². The van der Waals surface area contributed by atoms with Crippen LogP contribution in [0.15, 0.2) is 0 Å². The quantitative estimate of drug-likeness (QED) is 0.326. The fourth-order valence-electron chi connectivity index (χ4n) is 1.38. The van der Waals surface area contributed by atoms with E-state index in [9.17, 15) is 9.46 Å². The molecule has 0 amide bonds. The molecule has 0 aromatic rings. The van der Waals surface area contributed by atoms with Crippen LogP contribution in [0.25, 0.3) is 0 Å². The van der Waals surface area contributed by atoms with E-state index in [-0.39, 0.29) is 35.7 Å². The Morgan fingerprint density at radius 3 is 2.31 bits per heavy atom. The van der Waals surface area contributed by atoms with Gasteiger partial charge in [0.15, 0.2) is 0 Å². The second-order valence-electron chi connectivity index (χ2n) is 2.92. The van der Waals surface area contributed by atoms with E-state index in [2.05, 4.69) is 15.0 Å². The van der Waals surface area contributed by atoms with Crippen molar-refractivity contribution in [2.24, 2.45) is 5.90 Å². The van der Waals surface area contributed by atoms with Crippen molar-refractivity contribution in [3.05, 3.63) is 0 Å². The van der Waals surface area contributed by atoms with Crippen LogP contribution < -0.4 is 40.3 Å². The molecule has 0 aromatic heterocycles. The first-order valence-corrected chi connectivity index (χ1v) is 5.48. The van der Waals surface area contributed by atoms with Crippen LogP contribution in [-0.4, -0.2) is 6.10 Å². The summed E-state index contributed by atoms with van der Waals surface area (Å²) in [5.41, 5.74) is 0. The van der Waals surface area contributed by atoms with Gasteiger partial charge < -0.3 is 9.42 Å². The number of phosphoric ester groups is 1. The Morgan fingerprint density at radius 1 is 1.31 bits per heavy atom. The zero-order valence-electron chi connectivity index (χ0n) is 7.77. The van der Waals surface area contributed by atoms with Crippen molar-refractivity contribution >= 4 is 7.82 Å². The monoisotopic (exact) mass is 217 g/mol. The Morgan fingerprint density at radius 2 is 1.85 bits per heavy atom. The maximum absolute atomic E-state index is 10.7. The van der Waals surface area contributed by atoms with E-state index in [0.717, 1.165) is 32.1 Å². The molecule has 0 heterocycles. The van der Waals surface area contributed by atoms with E-state index >= 15 is 0 Å². The second kappa shape index (κ2) is 6.53. The Kier molecular flexibility index (Phi) is 7.07. The first-order chi connectivity index (χ1) is 5.64. The predicted molar refractivity (Wildman–Crippen MR) is 40.8 cm³/mol. The molecule has 1 aliphatic carbocycles. The molecule has 7 heteroatoms. The molecule has 13 heavy (non-hydrogen) atoms. The zero-order valence-corrected chi connectivity index (χ0v) is 10.7. The summed E-state index contributed by atoms with van der Waals surface area (Å²) in [6.07, 6.45) is 4.48. The molecule has 1 aliphatic rings. The Hall–Kier alpha value is 1.07. The number of hydrogen-bond acceptors (Lipinski definition) is 5. The molecule has 1 unspecified atom stereocenters. The van der Waals surface area contributed by atoms with Gasteiger partial charge >= 0.3 is 29.6 Å². The van der Waals surface area contributed by atoms with E-state index < -0.39 is 7.82 Å². The third kappa shape index (κ3) is 5.50. The van der Waals surface area contributed by atoms with E-state index in [1.54, 1.807) is 0 Å². The van der Waals surface area contributed by atoms with Gasteiger partial charge in [-0.2, -0.15) is 0 Å². The van der Waals surface area contributed by atoms with E-state index in [0.29, 0.717) is 0 Å². The van der Waals surface area contributed by atoms with Crippen LogP contribution in [0.2, 0.25) is 0 Å². The van der Waals surface area contributed by atoms with Gasteiger partial charge in [-0.05, 0) is 12.8 Å². The number of hydrogen-bond donors (Lipinski definition) is 1. The van der Waals surface area contributed by atoms with Gasteiger partial charge in [0, 0.05) is 0 Å². The zero-order chi connectivity index (χ0) is 9.03. The van der Waals surface area contributed by atoms with Gasteiger partial charge in [-0.3, -0.25) is 4.57 Å². The summed E-state index contributed by atoms with van der Waals surface area (Å²) < 4.78 is 19.1. The maximum Gasteiger partial charge on any atom is 1.00 e. The average molecular weight is 217 g/mol. The topological polar surface area (TPSA) is 84.6 Å². The minimum absolute atomic E-state index is 0. The molecule has 0 aromatic carbocycles. The van der Waals surface area contributed by atoms with E-state index in [4.69, 9.17) is 0 Å². The van der Waals surface area contributed by atoms with Gasteiger partial charge in [-0.25, -0.2) is 10.5 Å². The summed E-state index contributed by atoms with van der Waals surface area (Å²) in [7, 11) is -4.21. The predicted octanol–water partition coefficient (Wildman–Crippen LogP) is -2.30. The number of rotatable bonds is 3. The summed E-state index contributed by atoms with van der Waals surface area (Å²) in [4.78, 5) is 10.7. The molecule has 0 spiro atoms. The standard InChI is InChI=1S/C6H14NO4P.Na/c7-11-12(8,9)10-6-4-2-1-3-5-6;/h6H,1-5,7H2,(H,8,9);/q;+1/p-1. The molecule has 1 rings (SSSR count). The van der Waals surface area contributed by atoms with Crippen LogP contribution in [-0.2, 0) is 13.7 Å². The van der Waals surface area contributed by atoms with Crippen molar-refractivity contribution in [1.29, 1.82) is 0 Å². The van der Waals surface area contributed by atoms with Crippen molar-refractivity contribution in [2.45, 2.75) is 38.2 Å². The summed E-state index contributed by atoms with van der Waals surface area (Å²) in [5.74, 6) is 4.52. The molecule has 0 radical (unpaired) electrons. The molecule has 1 atom stereocenters. The fraction of sp³-hybridized carbons (Fsp3) is 1.00. The normalized spacial score (nSPS) is 23.2. The van der Waals surface area contributed by atoms with Gasteiger partial charge in [0.25, 0.3) is 7.82 Å². The first-order valence-electron chi connectivity index (χ1n) is 4.02. The van der Waals surface area contributed by atoms with Gasteiger partial charge in [-0.15, -0.1) is 0 Å². The van der Waals surface area contributed by atoms with Gasteiger partial charge in [0.05, 0.1) is 6.10 Å². The van der Waals surface area contributed by atoms with Gasteiger partial charge in [0.2, 0.25) is 0 Å². The summed E-state index contributed by atoms with van der Waals surface area (Å²) >= 11 is 0. The van der Waals surface area contributed by atoms with E-state index in [1.807, 2.05) is 0 Å². The van der Waals surface area contributed by atoms with Crippen LogP contribution in [0.1, 0.15) is 32.1 Å². The maximum atomic E-state index is 10.7. The van der Waals surface area contributed by atoms with Crippen molar-refractivity contribution in [2.75, 3.05) is 0 Å². The van der Waals surface area contributed by atoms with Crippen LogP contribution in [0.5, 0.6) is 0 Å². The molecular weight excluding hydrogens is 204 g/mol. The minimum atomic E-state index is -4.21. The third-order valence-corrected chi connectivity index (χ3v) is 2.77. The van der Waals surface area contributed by atoms with Crippen LogP contribution in [0.4, 0.5) is 0 Å². The van der Waals surface area contributed by atoms with Crippen LogP contribution >= 0.6 is 7.82 Å². The molecule has 0 saturated heterocycles. The van der Waals surface area contributed by atoms with Crippen molar-refractivity contribution in [1.82, 2.24) is 0 Å². The summed E-state index contributed by atoms with van der Waals surface area (Å²) in [5, 5.41) is 0. The second-order valence-corrected chi connectivity index (χ2v) is 4.23. The molecule has 1 fully saturated rings. The smallest absolute Gasteiger partial charge is 0.755 e. The Balaban J connectivity index is 0.00000144. The van der Waals surface area contributed by atoms with Crippen molar-refractivity contribution in [3.8, 4) is 0 Å². The molecule has 72 valence electrons. The number of nitrogens with two attached hydrogens (primary N) is 1. The SMILES string of the molecule is NOP(=O)([O-])OC1CCCCC1.[Na+]. The Labute approximate surface area is 99.8 Å². The van der Waals surface area contributed by atoms with Crippen molar-refractivity contribution in [3.63, 3.8) is 0 Å². The molecule has 0 bridgehead atoms. The summed E-state index contributed by atoms with van der Waals surface area (Å²) in [6, 6.07) is 0. The van der Waals surface area contributed by atoms with Gasteiger partial charge in [-0.1, -0.05) is 19.3 Å². The van der Waals surface area contributed by atoms with Crippen LogP contribution in [0, 0.1) is 0 Å². The summed E-state index contributed by atoms with van der Waals surface area (Å²) in [6.45, 7) is 0. The third-order valence-electron chi connectivity index (χ3n) is 1.96. The van der Waals surface area contributed by atoms with Crippen molar-refractivity contribution < 1.29 is 48.2 Å². The largest absolute Gasteiger partial charge is 1.00 e. The molecule has 2 N–H and O–H groups in total. The molecular formula is C6H13NNaO4P. The fourth-order valence-corrected chi connectivity index (χ4v) is 2.00. The number of phosphoric acid groups is 1. The Bertz CT molecular complexity index is 185. The first kappa shape index (κ1) is 14.1. The van der Waals surface area contributed by atoms with E-state index in [1.165, 1.54) is 0 Å². The molecule has 1 saturated carbocycles.